The summed E-state index contributed by atoms with van der Waals surface area (Å²) in [6.07, 6.45) is 0. The Kier molecular flexibility index (Phi) is 5.28. The Labute approximate surface area is 308 Å². The summed E-state index contributed by atoms with van der Waals surface area (Å²) in [6, 6.07) is 52.0. The lowest BCUT2D eigenvalue weighted by Gasteiger charge is -2.27. The molecule has 0 aliphatic heterocycles. The largest absolute Gasteiger partial charge is 0.456 e. The number of hydrogen-bond donors (Lipinski definition) is 0. The van der Waals surface area contributed by atoms with Gasteiger partial charge in [-0.3, -0.25) is 0 Å². The van der Waals surface area contributed by atoms with E-state index in [0.717, 1.165) is 60.6 Å². The molecular formula is C50H31NO. The maximum atomic E-state index is 9.57. The third kappa shape index (κ3) is 4.44. The highest BCUT2D eigenvalue weighted by atomic mass is 16.3. The minimum Gasteiger partial charge on any atom is -0.456 e. The minimum atomic E-state index is -0.125. The maximum absolute atomic E-state index is 9.57. The Morgan fingerprint density at radius 2 is 1.06 bits per heavy atom. The van der Waals surface area contributed by atoms with Gasteiger partial charge in [-0.1, -0.05) is 133 Å². The molecule has 2 heteroatoms. The lowest BCUT2D eigenvalue weighted by Crippen LogP contribution is -2.10. The fraction of sp³-hybridized carbons (Fsp3) is 0. The Hall–Kier alpha value is -6.90. The summed E-state index contributed by atoms with van der Waals surface area (Å²) < 4.78 is 52.2. The van der Waals surface area contributed by atoms with Gasteiger partial charge in [-0.05, 0) is 121 Å². The van der Waals surface area contributed by atoms with E-state index in [2.05, 4.69) is 54.6 Å². The first kappa shape index (κ1) is 24.3. The zero-order valence-electron chi connectivity index (χ0n) is 32.9. The van der Waals surface area contributed by atoms with Crippen molar-refractivity contribution >= 4 is 60.5 Å². The SMILES string of the molecule is [2H]c1ccc2c(c1)oc1cc(-c3ccc(N(c4ccc5c(c4)-c4cccc6cccc-5c46)c4c([2H])c([2H])c(-c5cccc6ccccc56)c([2H])c4[2H])cc3)ccc12. The van der Waals surface area contributed by atoms with Gasteiger partial charge in [0.2, 0.25) is 0 Å². The van der Waals surface area contributed by atoms with Gasteiger partial charge in [0.1, 0.15) is 11.2 Å². The fourth-order valence-electron chi connectivity index (χ4n) is 7.97. The smallest absolute Gasteiger partial charge is 0.136 e. The van der Waals surface area contributed by atoms with E-state index in [4.69, 9.17) is 5.79 Å². The molecule has 1 aliphatic carbocycles. The molecule has 0 radical (unpaired) electrons. The summed E-state index contributed by atoms with van der Waals surface area (Å²) in [4.78, 5) is 1.86. The summed E-state index contributed by atoms with van der Waals surface area (Å²) in [5.74, 6) is 0. The van der Waals surface area contributed by atoms with Crippen LogP contribution in [0.1, 0.15) is 6.85 Å². The Morgan fingerprint density at radius 3 is 1.90 bits per heavy atom. The molecule has 2 nitrogen and oxygen atoms in total. The Morgan fingerprint density at radius 1 is 0.385 bits per heavy atom. The minimum absolute atomic E-state index is 0.0982. The molecule has 0 unspecified atom stereocenters. The topological polar surface area (TPSA) is 16.4 Å². The lowest BCUT2D eigenvalue weighted by atomic mass is 9.98. The van der Waals surface area contributed by atoms with Crippen LogP contribution in [0.5, 0.6) is 0 Å². The quantitative estimate of drug-likeness (QED) is 0.182. The van der Waals surface area contributed by atoms with Gasteiger partial charge in [0, 0.05) is 27.8 Å². The number of anilines is 3. The van der Waals surface area contributed by atoms with Crippen LogP contribution in [0.2, 0.25) is 0 Å². The second-order valence-electron chi connectivity index (χ2n) is 13.3. The molecule has 0 amide bonds. The van der Waals surface area contributed by atoms with Gasteiger partial charge in [0.25, 0.3) is 0 Å². The summed E-state index contributed by atoms with van der Waals surface area (Å²) in [5.41, 5.74) is 10.3. The van der Waals surface area contributed by atoms with Crippen molar-refractivity contribution in [3.63, 3.8) is 0 Å². The molecule has 1 aliphatic rings. The average molecular weight is 667 g/mol. The molecular weight excluding hydrogens is 631 g/mol. The van der Waals surface area contributed by atoms with E-state index >= 15 is 0 Å². The van der Waals surface area contributed by atoms with Gasteiger partial charge in [-0.25, -0.2) is 0 Å². The number of nitrogens with zero attached hydrogens (tertiary/aromatic N) is 1. The first-order chi connectivity index (χ1) is 27.8. The zero-order valence-corrected chi connectivity index (χ0v) is 27.9. The van der Waals surface area contributed by atoms with Crippen molar-refractivity contribution in [2.24, 2.45) is 0 Å². The van der Waals surface area contributed by atoms with Crippen LogP contribution < -0.4 is 4.90 Å². The summed E-state index contributed by atoms with van der Waals surface area (Å²) >= 11 is 0. The van der Waals surface area contributed by atoms with Crippen LogP contribution in [0.4, 0.5) is 17.1 Å². The molecule has 1 heterocycles. The molecule has 10 aromatic rings. The third-order valence-corrected chi connectivity index (χ3v) is 10.4. The van der Waals surface area contributed by atoms with Crippen molar-refractivity contribution in [3.8, 4) is 44.5 Å². The fourth-order valence-corrected chi connectivity index (χ4v) is 7.97. The normalized spacial score (nSPS) is 13.2. The van der Waals surface area contributed by atoms with Crippen molar-refractivity contribution in [2.45, 2.75) is 0 Å². The zero-order chi connectivity index (χ0) is 38.5. The van der Waals surface area contributed by atoms with E-state index in [1.165, 1.54) is 16.3 Å². The van der Waals surface area contributed by atoms with Crippen LogP contribution in [-0.2, 0) is 0 Å². The number of fused-ring (bicyclic) bond motifs is 7. The van der Waals surface area contributed by atoms with E-state index in [9.17, 15) is 5.48 Å². The van der Waals surface area contributed by atoms with Crippen LogP contribution in [0.15, 0.2) is 192 Å². The first-order valence-corrected chi connectivity index (χ1v) is 17.4. The van der Waals surface area contributed by atoms with Gasteiger partial charge in [-0.2, -0.15) is 0 Å². The molecule has 0 N–H and O–H groups in total. The van der Waals surface area contributed by atoms with Crippen molar-refractivity contribution in [1.29, 1.82) is 0 Å². The summed E-state index contributed by atoms with van der Waals surface area (Å²) in [7, 11) is 0. The molecule has 11 rings (SSSR count). The molecule has 0 fully saturated rings. The van der Waals surface area contributed by atoms with Gasteiger partial charge in [0.15, 0.2) is 0 Å². The van der Waals surface area contributed by atoms with Crippen molar-refractivity contribution in [1.82, 2.24) is 0 Å². The van der Waals surface area contributed by atoms with Crippen LogP contribution >= 0.6 is 0 Å². The second kappa shape index (κ2) is 11.3. The van der Waals surface area contributed by atoms with Crippen LogP contribution in [0.3, 0.4) is 0 Å². The number of hydrogen-bond acceptors (Lipinski definition) is 2. The molecule has 242 valence electrons. The Bertz CT molecular complexity index is 3270. The predicted molar refractivity (Wildman–Crippen MR) is 219 cm³/mol. The number of benzene rings is 9. The number of para-hydroxylation sites is 1. The summed E-state index contributed by atoms with van der Waals surface area (Å²) in [6.45, 7) is 0. The van der Waals surface area contributed by atoms with Crippen molar-refractivity contribution in [3.05, 3.63) is 188 Å². The summed E-state index contributed by atoms with van der Waals surface area (Å²) in [5, 5.41) is 6.16. The van der Waals surface area contributed by atoms with Crippen LogP contribution in [-0.4, -0.2) is 0 Å². The Balaban J connectivity index is 1.09. The van der Waals surface area contributed by atoms with E-state index in [-0.39, 0.29) is 35.4 Å². The highest BCUT2D eigenvalue weighted by Gasteiger charge is 2.23. The van der Waals surface area contributed by atoms with E-state index in [1.54, 1.807) is 12.1 Å². The second-order valence-corrected chi connectivity index (χ2v) is 13.3. The van der Waals surface area contributed by atoms with Crippen LogP contribution in [0, 0.1) is 0 Å². The maximum Gasteiger partial charge on any atom is 0.136 e. The van der Waals surface area contributed by atoms with Crippen molar-refractivity contribution in [2.75, 3.05) is 4.90 Å². The molecule has 0 saturated heterocycles. The first-order valence-electron chi connectivity index (χ1n) is 19.9. The number of rotatable bonds is 5. The predicted octanol–water partition coefficient (Wildman–Crippen LogP) is 14.3. The van der Waals surface area contributed by atoms with Gasteiger partial charge < -0.3 is 9.32 Å². The molecule has 0 saturated carbocycles. The molecule has 0 spiro atoms. The molecule has 0 atom stereocenters. The lowest BCUT2D eigenvalue weighted by molar-refractivity contribution is 0.669. The highest BCUT2D eigenvalue weighted by molar-refractivity contribution is 6.16. The van der Waals surface area contributed by atoms with E-state index in [0.29, 0.717) is 22.9 Å². The van der Waals surface area contributed by atoms with E-state index in [1.807, 2.05) is 95.9 Å². The van der Waals surface area contributed by atoms with Gasteiger partial charge in [0.05, 0.1) is 6.85 Å². The van der Waals surface area contributed by atoms with Crippen LogP contribution in [0.25, 0.3) is 88.0 Å². The standard InChI is InChI=1S/C50H31NO/c1-2-12-40-33(8-1)9-5-14-41(40)34-20-25-38(26-21-34)51(39-27-29-42-45-15-6-10-35-11-7-16-46(50(35)45)47(42)31-39)37-23-18-32(19-24-37)36-22-28-44-43-13-3-4-17-48(43)52-49(44)30-36/h1-31H/i4D,20D,21D,25D,26D. The third-order valence-electron chi connectivity index (χ3n) is 10.4. The van der Waals surface area contributed by atoms with E-state index < -0.39 is 0 Å². The molecule has 1 aromatic heterocycles. The van der Waals surface area contributed by atoms with Gasteiger partial charge in [-0.15, -0.1) is 0 Å². The van der Waals surface area contributed by atoms with Gasteiger partial charge >= 0.3 is 0 Å². The molecule has 9 aromatic carbocycles. The monoisotopic (exact) mass is 666 g/mol. The number of furan rings is 1. The highest BCUT2D eigenvalue weighted by Crippen LogP contribution is 2.49. The molecule has 0 bridgehead atoms. The van der Waals surface area contributed by atoms with Crippen molar-refractivity contribution < 1.29 is 11.3 Å². The average Bonchev–Trinajstić information content (AvgIpc) is 3.77. The molecule has 52 heavy (non-hydrogen) atoms.